The molecule has 1 amide bonds. The largest absolute Gasteiger partial charge is 0.290 e. The number of nitrogens with zero attached hydrogens (tertiary/aromatic N) is 3. The first kappa shape index (κ1) is 12.8. The Morgan fingerprint density at radius 3 is 2.74 bits per heavy atom. The molecule has 0 spiro atoms. The highest BCUT2D eigenvalue weighted by Gasteiger charge is 2.10. The molecule has 94 valence electrons. The van der Waals surface area contributed by atoms with Gasteiger partial charge in [0.2, 0.25) is 5.95 Å². The fraction of sp³-hybridized carbons (Fsp3) is 0. The topological polar surface area (TPSA) is 94.5 Å². The zero-order valence-electron chi connectivity index (χ0n) is 9.59. The van der Waals surface area contributed by atoms with Crippen LogP contribution in [0.3, 0.4) is 0 Å². The number of nitrogens with one attached hydrogen (secondary N) is 2. The van der Waals surface area contributed by atoms with Gasteiger partial charge in [0.25, 0.3) is 5.91 Å². The third kappa shape index (κ3) is 3.40. The zero-order chi connectivity index (χ0) is 13.7. The number of hydrogen-bond acceptors (Lipinski definition) is 4. The Balaban J connectivity index is 2.17. The summed E-state index contributed by atoms with van der Waals surface area (Å²) in [6.45, 7) is 0. The van der Waals surface area contributed by atoms with Gasteiger partial charge in [-0.15, -0.1) is 0 Å². The highest BCUT2D eigenvalue weighted by Crippen LogP contribution is 2.13. The van der Waals surface area contributed by atoms with Gasteiger partial charge in [-0.05, 0) is 23.8 Å². The van der Waals surface area contributed by atoms with E-state index in [-0.39, 0.29) is 11.5 Å². The molecule has 0 radical (unpaired) electrons. The van der Waals surface area contributed by atoms with Gasteiger partial charge < -0.3 is 0 Å². The van der Waals surface area contributed by atoms with Crippen molar-refractivity contribution in [3.8, 4) is 6.07 Å². The molecule has 2 aromatic rings. The lowest BCUT2D eigenvalue weighted by atomic mass is 10.1. The predicted molar refractivity (Wildman–Crippen MR) is 70.1 cm³/mol. The van der Waals surface area contributed by atoms with E-state index in [2.05, 4.69) is 20.5 Å². The minimum absolute atomic E-state index is 0.0428. The van der Waals surface area contributed by atoms with E-state index in [0.29, 0.717) is 10.6 Å². The van der Waals surface area contributed by atoms with E-state index in [1.54, 1.807) is 24.3 Å². The van der Waals surface area contributed by atoms with Crippen LogP contribution in [-0.4, -0.2) is 21.1 Å². The molecule has 0 atom stereocenters. The molecule has 6 nitrogen and oxygen atoms in total. The molecule has 0 aliphatic heterocycles. The monoisotopic (exact) mass is 273 g/mol. The molecule has 1 aromatic heterocycles. The van der Waals surface area contributed by atoms with Crippen LogP contribution in [0.5, 0.6) is 0 Å². The molecule has 0 fully saturated rings. The van der Waals surface area contributed by atoms with Crippen molar-refractivity contribution in [2.45, 2.75) is 0 Å². The van der Waals surface area contributed by atoms with Crippen LogP contribution >= 0.6 is 11.6 Å². The number of hydrogen-bond donors (Lipinski definition) is 2. The Kier molecular flexibility index (Phi) is 3.90. The van der Waals surface area contributed by atoms with Crippen LogP contribution in [0, 0.1) is 11.3 Å². The third-order valence-electron chi connectivity index (χ3n) is 2.19. The first-order valence-corrected chi connectivity index (χ1v) is 5.61. The van der Waals surface area contributed by atoms with Crippen LogP contribution in [0.1, 0.15) is 5.56 Å². The second-order valence-corrected chi connectivity index (χ2v) is 3.95. The number of aromatic nitrogens is 3. The van der Waals surface area contributed by atoms with Crippen LogP contribution in [0.4, 0.5) is 5.95 Å². The lowest BCUT2D eigenvalue weighted by Gasteiger charge is -2.00. The Morgan fingerprint density at radius 1 is 1.42 bits per heavy atom. The number of nitriles is 1. The van der Waals surface area contributed by atoms with Crippen LogP contribution in [0.2, 0.25) is 5.02 Å². The number of anilines is 1. The Labute approximate surface area is 113 Å². The van der Waals surface area contributed by atoms with Crippen molar-refractivity contribution in [3.63, 3.8) is 0 Å². The molecule has 2 rings (SSSR count). The van der Waals surface area contributed by atoms with E-state index >= 15 is 0 Å². The predicted octanol–water partition coefficient (Wildman–Crippen LogP) is 2.00. The van der Waals surface area contributed by atoms with Gasteiger partial charge in [-0.3, -0.25) is 10.1 Å². The van der Waals surface area contributed by atoms with Gasteiger partial charge in [0, 0.05) is 5.02 Å². The fourth-order valence-corrected chi connectivity index (χ4v) is 1.44. The van der Waals surface area contributed by atoms with E-state index in [1.807, 2.05) is 6.07 Å². The Hall–Kier alpha value is -2.65. The molecule has 0 aliphatic carbocycles. The molecule has 0 bridgehead atoms. The van der Waals surface area contributed by atoms with Gasteiger partial charge in [0.15, 0.2) is 0 Å². The number of amides is 1. The van der Waals surface area contributed by atoms with Crippen molar-refractivity contribution in [3.05, 3.63) is 46.8 Å². The number of benzene rings is 1. The number of halogens is 1. The lowest BCUT2D eigenvalue weighted by Crippen LogP contribution is -2.14. The van der Waals surface area contributed by atoms with Crippen molar-refractivity contribution in [2.75, 3.05) is 5.32 Å². The highest BCUT2D eigenvalue weighted by atomic mass is 35.5. The normalized spacial score (nSPS) is 10.8. The summed E-state index contributed by atoms with van der Waals surface area (Å²) in [6, 6.07) is 8.61. The minimum atomic E-state index is -0.561. The summed E-state index contributed by atoms with van der Waals surface area (Å²) in [5, 5.41) is 18.1. The van der Waals surface area contributed by atoms with Crippen molar-refractivity contribution in [1.82, 2.24) is 15.2 Å². The first-order valence-electron chi connectivity index (χ1n) is 5.23. The summed E-state index contributed by atoms with van der Waals surface area (Å²) in [5.41, 5.74) is 0.660. The minimum Gasteiger partial charge on any atom is -0.290 e. The first-order chi connectivity index (χ1) is 9.19. The molecular formula is C12H8ClN5O. The molecule has 0 saturated carbocycles. The highest BCUT2D eigenvalue weighted by molar-refractivity contribution is 6.30. The summed E-state index contributed by atoms with van der Waals surface area (Å²) in [5.74, 6) is -0.378. The number of aromatic amines is 1. The maximum Gasteiger partial charge on any atom is 0.268 e. The summed E-state index contributed by atoms with van der Waals surface area (Å²) in [6.07, 6.45) is 2.71. The summed E-state index contributed by atoms with van der Waals surface area (Å²) >= 11 is 5.76. The van der Waals surface area contributed by atoms with E-state index < -0.39 is 5.91 Å². The average molecular weight is 274 g/mol. The Morgan fingerprint density at radius 2 is 2.16 bits per heavy atom. The molecule has 0 aliphatic rings. The maximum atomic E-state index is 11.8. The molecule has 19 heavy (non-hydrogen) atoms. The second kappa shape index (κ2) is 5.80. The molecule has 2 N–H and O–H groups in total. The van der Waals surface area contributed by atoms with Crippen LogP contribution in [-0.2, 0) is 4.79 Å². The summed E-state index contributed by atoms with van der Waals surface area (Å²) in [7, 11) is 0. The number of carbonyl (C=O) groups excluding carboxylic acids is 1. The van der Waals surface area contributed by atoms with Gasteiger partial charge in [-0.2, -0.15) is 15.3 Å². The standard InChI is InChI=1S/C12H8ClN5O/c13-10-3-1-8(2-4-10)5-9(6-14)11(19)17-12-15-7-16-18-12/h1-5,7H,(H2,15,16,17,18,19)/b9-5+. The molecule has 0 saturated heterocycles. The second-order valence-electron chi connectivity index (χ2n) is 3.51. The van der Waals surface area contributed by atoms with Gasteiger partial charge in [-0.1, -0.05) is 23.7 Å². The van der Waals surface area contributed by atoms with Crippen LogP contribution in [0.25, 0.3) is 6.08 Å². The van der Waals surface area contributed by atoms with E-state index in [0.717, 1.165) is 0 Å². The average Bonchev–Trinajstić information content (AvgIpc) is 2.90. The van der Waals surface area contributed by atoms with E-state index in [1.165, 1.54) is 12.4 Å². The number of rotatable bonds is 3. The quantitative estimate of drug-likeness (QED) is 0.660. The molecule has 7 heteroatoms. The van der Waals surface area contributed by atoms with Gasteiger partial charge >= 0.3 is 0 Å². The number of carbonyl (C=O) groups is 1. The van der Waals surface area contributed by atoms with Crippen molar-refractivity contribution in [2.24, 2.45) is 0 Å². The van der Waals surface area contributed by atoms with Gasteiger partial charge in [0.1, 0.15) is 18.0 Å². The van der Waals surface area contributed by atoms with E-state index in [9.17, 15) is 4.79 Å². The smallest absolute Gasteiger partial charge is 0.268 e. The molecule has 0 unspecified atom stereocenters. The maximum absolute atomic E-state index is 11.8. The summed E-state index contributed by atoms with van der Waals surface area (Å²) < 4.78 is 0. The molecule has 1 heterocycles. The number of H-pyrrole nitrogens is 1. The fourth-order valence-electron chi connectivity index (χ4n) is 1.31. The van der Waals surface area contributed by atoms with Crippen LogP contribution in [0.15, 0.2) is 36.2 Å². The van der Waals surface area contributed by atoms with Crippen molar-refractivity contribution >= 4 is 29.5 Å². The zero-order valence-corrected chi connectivity index (χ0v) is 10.3. The van der Waals surface area contributed by atoms with Gasteiger partial charge in [0.05, 0.1) is 0 Å². The lowest BCUT2D eigenvalue weighted by molar-refractivity contribution is -0.112. The van der Waals surface area contributed by atoms with Crippen molar-refractivity contribution < 1.29 is 4.79 Å². The third-order valence-corrected chi connectivity index (χ3v) is 2.45. The molecule has 1 aromatic carbocycles. The molecular weight excluding hydrogens is 266 g/mol. The summed E-state index contributed by atoms with van der Waals surface area (Å²) in [4.78, 5) is 15.5. The van der Waals surface area contributed by atoms with Crippen LogP contribution < -0.4 is 5.32 Å². The Bertz CT molecular complexity index is 640. The van der Waals surface area contributed by atoms with E-state index in [4.69, 9.17) is 16.9 Å². The van der Waals surface area contributed by atoms with Gasteiger partial charge in [-0.25, -0.2) is 5.10 Å². The SMILES string of the molecule is N#C/C(=C\c1ccc(Cl)cc1)C(=O)Nc1ncn[nH]1. The van der Waals surface area contributed by atoms with Crippen molar-refractivity contribution in [1.29, 1.82) is 5.26 Å².